The normalized spacial score (nSPS) is 20.9. The van der Waals surface area contributed by atoms with E-state index in [0.717, 1.165) is 74.3 Å². The summed E-state index contributed by atoms with van der Waals surface area (Å²) in [5.41, 5.74) is 7.06. The van der Waals surface area contributed by atoms with Gasteiger partial charge >= 0.3 is 6.09 Å². The first-order valence-electron chi connectivity index (χ1n) is 17.5. The highest BCUT2D eigenvalue weighted by Crippen LogP contribution is 2.43. The number of aromatic nitrogens is 4. The molecule has 0 spiro atoms. The summed E-state index contributed by atoms with van der Waals surface area (Å²) in [7, 11) is 4.43. The first-order valence-corrected chi connectivity index (χ1v) is 17.5. The molecule has 5 heterocycles. The second-order valence-corrected chi connectivity index (χ2v) is 13.8. The summed E-state index contributed by atoms with van der Waals surface area (Å²) in [6.45, 7) is 4.17. The molecule has 0 radical (unpaired) electrons. The molecule has 266 valence electrons. The van der Waals surface area contributed by atoms with Crippen LogP contribution in [-0.4, -0.2) is 90.0 Å². The molecular weight excluding hydrogens is 650 g/mol. The van der Waals surface area contributed by atoms with Gasteiger partial charge in [0.1, 0.15) is 30.0 Å². The standard InChI is InChI=1S/C38H43N7O6/c1-20(49-3)33(44-38(47)50-4)37(46)45-17-21(18-48-2)12-31(45)36-41-28-10-8-22-14-27-25-9-7-23(30-16-40-35(42-30)29-6-5-11-39-29)13-24(25)19-51-32(27)15-26(22)34(28)43-36/h7-10,13-16,20-21,29,31,33,39H,5-6,11-12,17-19H2,1-4H3,(H,40,42)(H,41,43)(H,44,47). The molecule has 4 N–H and O–H groups in total. The van der Waals surface area contributed by atoms with E-state index in [0.29, 0.717) is 32.0 Å². The Hall–Kier alpha value is -4.98. The van der Waals surface area contributed by atoms with Gasteiger partial charge in [0.15, 0.2) is 0 Å². The molecule has 8 rings (SSSR count). The fraction of sp³-hybridized carbons (Fsp3) is 0.421. The molecule has 0 saturated carbocycles. The number of imidazole rings is 2. The van der Waals surface area contributed by atoms with Crippen molar-refractivity contribution >= 4 is 33.8 Å². The van der Waals surface area contributed by atoms with Gasteiger partial charge in [-0.1, -0.05) is 18.2 Å². The Labute approximate surface area is 295 Å². The van der Waals surface area contributed by atoms with Gasteiger partial charge in [0, 0.05) is 37.6 Å². The summed E-state index contributed by atoms with van der Waals surface area (Å²) in [4.78, 5) is 44.8. The van der Waals surface area contributed by atoms with Crippen LogP contribution in [0.15, 0.2) is 48.7 Å². The van der Waals surface area contributed by atoms with E-state index in [1.54, 1.807) is 18.9 Å². The topological polar surface area (TPSA) is 156 Å². The van der Waals surface area contributed by atoms with Crippen molar-refractivity contribution in [3.8, 4) is 28.1 Å². The van der Waals surface area contributed by atoms with E-state index in [4.69, 9.17) is 23.9 Å². The summed E-state index contributed by atoms with van der Waals surface area (Å²) in [5.74, 6) is 2.29. The number of carbonyl (C=O) groups excluding carboxylic acids is 2. The number of amides is 2. The minimum Gasteiger partial charge on any atom is -0.488 e. The number of methoxy groups -OCH3 is 3. The number of hydrogen-bond donors (Lipinski definition) is 4. The van der Waals surface area contributed by atoms with Gasteiger partial charge in [-0.3, -0.25) is 4.79 Å². The van der Waals surface area contributed by atoms with E-state index in [1.165, 1.54) is 20.6 Å². The molecule has 2 saturated heterocycles. The van der Waals surface area contributed by atoms with Crippen LogP contribution in [0.5, 0.6) is 5.75 Å². The SMILES string of the molecule is COCC1CC(c2nc3c(ccc4cc5c(cc43)OCc3cc(-c4cnc(C6CCCN6)[nH]4)ccc3-5)[nH]2)N(C(=O)C(NC(=O)OC)C(C)OC)C1. The van der Waals surface area contributed by atoms with Gasteiger partial charge in [0.05, 0.1) is 54.8 Å². The largest absolute Gasteiger partial charge is 0.488 e. The van der Waals surface area contributed by atoms with Gasteiger partial charge in [0.2, 0.25) is 5.91 Å². The first-order chi connectivity index (χ1) is 24.8. The van der Waals surface area contributed by atoms with E-state index >= 15 is 0 Å². The van der Waals surface area contributed by atoms with Crippen LogP contribution in [0, 0.1) is 5.92 Å². The lowest BCUT2D eigenvalue weighted by Crippen LogP contribution is -2.54. The molecule has 5 aromatic rings. The van der Waals surface area contributed by atoms with Crippen molar-refractivity contribution in [1.29, 1.82) is 0 Å². The first kappa shape index (κ1) is 33.2. The van der Waals surface area contributed by atoms with E-state index in [1.807, 2.05) is 12.3 Å². The van der Waals surface area contributed by atoms with Crippen LogP contribution in [0.3, 0.4) is 0 Å². The van der Waals surface area contributed by atoms with Crippen molar-refractivity contribution in [3.05, 3.63) is 65.9 Å². The predicted molar refractivity (Wildman–Crippen MR) is 191 cm³/mol. The van der Waals surface area contributed by atoms with Crippen LogP contribution in [0.2, 0.25) is 0 Å². The number of fused-ring (bicyclic) bond motifs is 6. The van der Waals surface area contributed by atoms with Crippen molar-refractivity contribution in [2.24, 2.45) is 5.92 Å². The highest BCUT2D eigenvalue weighted by molar-refractivity contribution is 6.07. The van der Waals surface area contributed by atoms with Crippen molar-refractivity contribution in [3.63, 3.8) is 0 Å². The lowest BCUT2D eigenvalue weighted by molar-refractivity contribution is -0.137. The molecule has 5 atom stereocenters. The third-order valence-corrected chi connectivity index (χ3v) is 10.6. The Balaban J connectivity index is 1.11. The quantitative estimate of drug-likeness (QED) is 0.159. The van der Waals surface area contributed by atoms with Gasteiger partial charge in [-0.05, 0) is 79.1 Å². The zero-order chi connectivity index (χ0) is 35.2. The van der Waals surface area contributed by atoms with E-state index < -0.39 is 18.2 Å². The molecule has 2 aromatic heterocycles. The van der Waals surface area contributed by atoms with Crippen LogP contribution in [0.1, 0.15) is 55.5 Å². The monoisotopic (exact) mass is 693 g/mol. The average molecular weight is 694 g/mol. The average Bonchev–Trinajstić information content (AvgIpc) is 3.98. The van der Waals surface area contributed by atoms with Crippen LogP contribution in [-0.2, 0) is 25.6 Å². The number of alkyl carbamates (subject to hydrolysis) is 1. The number of aromatic amines is 2. The number of nitrogens with zero attached hydrogens (tertiary/aromatic N) is 3. The maximum atomic E-state index is 14.0. The summed E-state index contributed by atoms with van der Waals surface area (Å²) in [6, 6.07) is 13.9. The zero-order valence-corrected chi connectivity index (χ0v) is 29.2. The van der Waals surface area contributed by atoms with E-state index in [9.17, 15) is 9.59 Å². The number of H-pyrrole nitrogens is 2. The fourth-order valence-corrected chi connectivity index (χ4v) is 7.87. The van der Waals surface area contributed by atoms with Gasteiger partial charge in [0.25, 0.3) is 0 Å². The second kappa shape index (κ2) is 13.6. The number of rotatable bonds is 9. The maximum Gasteiger partial charge on any atom is 0.407 e. The Morgan fingerprint density at radius 1 is 1.08 bits per heavy atom. The second-order valence-electron chi connectivity index (χ2n) is 13.8. The molecule has 3 aliphatic heterocycles. The van der Waals surface area contributed by atoms with Crippen LogP contribution < -0.4 is 15.4 Å². The third-order valence-electron chi connectivity index (χ3n) is 10.6. The minimum absolute atomic E-state index is 0.0890. The molecule has 13 nitrogen and oxygen atoms in total. The summed E-state index contributed by atoms with van der Waals surface area (Å²) in [5, 5.41) is 8.17. The van der Waals surface area contributed by atoms with Crippen molar-refractivity contribution in [2.45, 2.75) is 57.0 Å². The smallest absolute Gasteiger partial charge is 0.407 e. The Kier molecular flexibility index (Phi) is 8.86. The Morgan fingerprint density at radius 3 is 2.75 bits per heavy atom. The number of nitrogens with one attached hydrogen (secondary N) is 4. The summed E-state index contributed by atoms with van der Waals surface area (Å²) in [6.07, 6.45) is 3.55. The predicted octanol–water partition coefficient (Wildman–Crippen LogP) is 5.39. The van der Waals surface area contributed by atoms with E-state index in [-0.39, 0.29) is 23.9 Å². The fourth-order valence-electron chi connectivity index (χ4n) is 7.87. The minimum atomic E-state index is -0.940. The highest BCUT2D eigenvalue weighted by atomic mass is 16.5. The van der Waals surface area contributed by atoms with Gasteiger partial charge in [-0.25, -0.2) is 14.8 Å². The summed E-state index contributed by atoms with van der Waals surface area (Å²) >= 11 is 0. The molecule has 3 aliphatic rings. The molecule has 5 unspecified atom stereocenters. The van der Waals surface area contributed by atoms with Crippen LogP contribution in [0.4, 0.5) is 4.79 Å². The molecular formula is C38H43N7O6. The lowest BCUT2D eigenvalue weighted by Gasteiger charge is -2.30. The van der Waals surface area contributed by atoms with Gasteiger partial charge < -0.3 is 44.4 Å². The zero-order valence-electron chi connectivity index (χ0n) is 29.2. The van der Waals surface area contributed by atoms with Crippen molar-refractivity contribution in [2.75, 3.05) is 41.0 Å². The molecule has 0 bridgehead atoms. The Morgan fingerprint density at radius 2 is 1.96 bits per heavy atom. The highest BCUT2D eigenvalue weighted by Gasteiger charge is 2.42. The molecule has 51 heavy (non-hydrogen) atoms. The number of hydrogen-bond acceptors (Lipinski definition) is 9. The molecule has 0 aliphatic carbocycles. The van der Waals surface area contributed by atoms with Gasteiger partial charge in [-0.15, -0.1) is 0 Å². The number of likely N-dealkylation sites (tertiary alicyclic amines) is 1. The van der Waals surface area contributed by atoms with Crippen molar-refractivity contribution in [1.82, 2.24) is 35.5 Å². The number of ether oxygens (including phenoxy) is 4. The van der Waals surface area contributed by atoms with Crippen molar-refractivity contribution < 1.29 is 28.5 Å². The molecule has 3 aromatic carbocycles. The van der Waals surface area contributed by atoms with Crippen LogP contribution in [0.25, 0.3) is 44.2 Å². The van der Waals surface area contributed by atoms with Crippen LogP contribution >= 0.6 is 0 Å². The van der Waals surface area contributed by atoms with E-state index in [2.05, 4.69) is 62.0 Å². The molecule has 2 fully saturated rings. The number of carbonyl (C=O) groups is 2. The lowest BCUT2D eigenvalue weighted by atomic mass is 9.92. The van der Waals surface area contributed by atoms with Gasteiger partial charge in [-0.2, -0.15) is 0 Å². The molecule has 13 heteroatoms. The number of benzene rings is 3. The third kappa shape index (κ3) is 6.08. The Bertz CT molecular complexity index is 2100. The molecule has 2 amide bonds. The summed E-state index contributed by atoms with van der Waals surface area (Å²) < 4.78 is 22.2. The maximum absolute atomic E-state index is 14.0.